The molecule has 114 valence electrons. The fourth-order valence-corrected chi connectivity index (χ4v) is 2.52. The third-order valence-electron chi connectivity index (χ3n) is 3.48. The number of carbonyl (C=O) groups is 2. The average Bonchev–Trinajstić information content (AvgIpc) is 2.50. The SMILES string of the molecule is CNC(CC(C)(C)C)c1ccc2c(c1)NC(=O)CC(=O)N2. The van der Waals surface area contributed by atoms with Gasteiger partial charge in [0, 0.05) is 6.04 Å². The Hall–Kier alpha value is -1.88. The number of hydrogen-bond acceptors (Lipinski definition) is 3. The molecule has 1 aliphatic rings. The van der Waals surface area contributed by atoms with E-state index in [1.54, 1.807) is 0 Å². The summed E-state index contributed by atoms with van der Waals surface area (Å²) in [5.74, 6) is -0.556. The standard InChI is InChI=1S/C16H23N3O2/c1-16(2,3)9-13(17-4)10-5-6-11-12(7-10)19-15(21)8-14(20)18-11/h5-7,13,17H,8-9H2,1-4H3,(H,18,20)(H,19,21). The van der Waals surface area contributed by atoms with Crippen molar-refractivity contribution in [2.75, 3.05) is 17.7 Å². The van der Waals surface area contributed by atoms with Crippen LogP contribution in [0.5, 0.6) is 0 Å². The molecule has 5 heteroatoms. The maximum Gasteiger partial charge on any atom is 0.233 e. The van der Waals surface area contributed by atoms with Crippen LogP contribution in [0.25, 0.3) is 0 Å². The Kier molecular flexibility index (Phi) is 4.32. The first-order valence-corrected chi connectivity index (χ1v) is 7.19. The molecule has 0 radical (unpaired) electrons. The highest BCUT2D eigenvalue weighted by Crippen LogP contribution is 2.33. The molecule has 0 bridgehead atoms. The molecular formula is C16H23N3O2. The van der Waals surface area contributed by atoms with Crippen molar-refractivity contribution in [3.8, 4) is 0 Å². The van der Waals surface area contributed by atoms with E-state index in [1.807, 2.05) is 25.2 Å². The van der Waals surface area contributed by atoms with E-state index in [-0.39, 0.29) is 29.7 Å². The molecule has 0 saturated carbocycles. The third kappa shape index (κ3) is 4.04. The van der Waals surface area contributed by atoms with E-state index in [9.17, 15) is 9.59 Å². The lowest BCUT2D eigenvalue weighted by molar-refractivity contribution is -0.123. The van der Waals surface area contributed by atoms with Crippen molar-refractivity contribution in [1.82, 2.24) is 5.32 Å². The lowest BCUT2D eigenvalue weighted by Crippen LogP contribution is -2.22. The topological polar surface area (TPSA) is 70.2 Å². The van der Waals surface area contributed by atoms with E-state index in [2.05, 4.69) is 36.7 Å². The summed E-state index contributed by atoms with van der Waals surface area (Å²) in [6.07, 6.45) is 0.837. The molecule has 5 nitrogen and oxygen atoms in total. The van der Waals surface area contributed by atoms with Crippen molar-refractivity contribution in [3.05, 3.63) is 23.8 Å². The third-order valence-corrected chi connectivity index (χ3v) is 3.48. The van der Waals surface area contributed by atoms with Crippen LogP contribution in [0.4, 0.5) is 11.4 Å². The van der Waals surface area contributed by atoms with Crippen LogP contribution in [-0.2, 0) is 9.59 Å². The van der Waals surface area contributed by atoms with Gasteiger partial charge in [-0.1, -0.05) is 26.8 Å². The van der Waals surface area contributed by atoms with Crippen molar-refractivity contribution in [1.29, 1.82) is 0 Å². The minimum atomic E-state index is -0.279. The van der Waals surface area contributed by atoms with E-state index in [0.29, 0.717) is 11.4 Å². The molecule has 3 N–H and O–H groups in total. The average molecular weight is 289 g/mol. The summed E-state index contributed by atoms with van der Waals surface area (Å²) in [4.78, 5) is 23.2. The van der Waals surface area contributed by atoms with Crippen LogP contribution in [0.2, 0.25) is 0 Å². The summed E-state index contributed by atoms with van der Waals surface area (Å²) in [5, 5.41) is 8.84. The Morgan fingerprint density at radius 1 is 1.14 bits per heavy atom. The van der Waals surface area contributed by atoms with Crippen molar-refractivity contribution in [2.24, 2.45) is 5.41 Å². The molecule has 2 amide bonds. The zero-order chi connectivity index (χ0) is 15.6. The predicted molar refractivity (Wildman–Crippen MR) is 84.2 cm³/mol. The second kappa shape index (κ2) is 5.85. The molecule has 0 fully saturated rings. The first-order valence-electron chi connectivity index (χ1n) is 7.19. The number of hydrogen-bond donors (Lipinski definition) is 3. The number of anilines is 2. The van der Waals surface area contributed by atoms with Crippen LogP contribution in [0.1, 0.15) is 45.2 Å². The molecule has 1 unspecified atom stereocenters. The zero-order valence-electron chi connectivity index (χ0n) is 13.0. The first-order chi connectivity index (χ1) is 9.78. The molecule has 0 aromatic heterocycles. The van der Waals surface area contributed by atoms with Gasteiger partial charge in [0.15, 0.2) is 0 Å². The van der Waals surface area contributed by atoms with Gasteiger partial charge in [-0.3, -0.25) is 9.59 Å². The van der Waals surface area contributed by atoms with Crippen LogP contribution >= 0.6 is 0 Å². The number of carbonyl (C=O) groups excluding carboxylic acids is 2. The van der Waals surface area contributed by atoms with Crippen LogP contribution in [0, 0.1) is 5.41 Å². The minimum Gasteiger partial charge on any atom is -0.324 e. The van der Waals surface area contributed by atoms with Gasteiger partial charge < -0.3 is 16.0 Å². The summed E-state index contributed by atoms with van der Waals surface area (Å²) < 4.78 is 0. The maximum absolute atomic E-state index is 11.6. The van der Waals surface area contributed by atoms with Crippen molar-refractivity contribution in [3.63, 3.8) is 0 Å². The fourth-order valence-electron chi connectivity index (χ4n) is 2.52. The van der Waals surface area contributed by atoms with Crippen molar-refractivity contribution >= 4 is 23.2 Å². The van der Waals surface area contributed by atoms with Gasteiger partial charge in [0.05, 0.1) is 11.4 Å². The zero-order valence-corrected chi connectivity index (χ0v) is 13.0. The second-order valence-electron chi connectivity index (χ2n) is 6.68. The maximum atomic E-state index is 11.6. The second-order valence-corrected chi connectivity index (χ2v) is 6.68. The van der Waals surface area contributed by atoms with E-state index in [0.717, 1.165) is 12.0 Å². The molecule has 1 heterocycles. The Labute approximate surface area is 125 Å². The smallest absolute Gasteiger partial charge is 0.233 e. The van der Waals surface area contributed by atoms with Gasteiger partial charge in [-0.05, 0) is 36.6 Å². The molecule has 2 rings (SSSR count). The van der Waals surface area contributed by atoms with Crippen LogP contribution < -0.4 is 16.0 Å². The molecule has 0 aliphatic carbocycles. The molecule has 1 atom stereocenters. The quantitative estimate of drug-likeness (QED) is 0.749. The largest absolute Gasteiger partial charge is 0.324 e. The van der Waals surface area contributed by atoms with Gasteiger partial charge in [-0.15, -0.1) is 0 Å². The molecule has 0 saturated heterocycles. The van der Waals surface area contributed by atoms with Crippen LogP contribution in [0.3, 0.4) is 0 Å². The summed E-state index contributed by atoms with van der Waals surface area (Å²) >= 11 is 0. The Morgan fingerprint density at radius 3 is 2.33 bits per heavy atom. The van der Waals surface area contributed by atoms with Gasteiger partial charge in [0.25, 0.3) is 0 Å². The van der Waals surface area contributed by atoms with Crippen molar-refractivity contribution in [2.45, 2.75) is 39.7 Å². The highest BCUT2D eigenvalue weighted by atomic mass is 16.2. The summed E-state index contributed by atoms with van der Waals surface area (Å²) in [5.41, 5.74) is 2.61. The summed E-state index contributed by atoms with van der Waals surface area (Å²) in [6, 6.07) is 5.97. The number of rotatable bonds is 3. The van der Waals surface area contributed by atoms with E-state index in [1.165, 1.54) is 0 Å². The molecule has 1 aromatic rings. The lowest BCUT2D eigenvalue weighted by Gasteiger charge is -2.26. The number of benzene rings is 1. The van der Waals surface area contributed by atoms with E-state index < -0.39 is 0 Å². The number of nitrogens with one attached hydrogen (secondary N) is 3. The summed E-state index contributed by atoms with van der Waals surface area (Å²) in [7, 11) is 1.93. The highest BCUT2D eigenvalue weighted by Gasteiger charge is 2.22. The first kappa shape index (κ1) is 15.5. The normalized spacial score (nSPS) is 16.6. The molecule has 0 spiro atoms. The van der Waals surface area contributed by atoms with Gasteiger partial charge >= 0.3 is 0 Å². The van der Waals surface area contributed by atoms with Gasteiger partial charge in [0.1, 0.15) is 6.42 Å². The monoisotopic (exact) mass is 289 g/mol. The van der Waals surface area contributed by atoms with E-state index >= 15 is 0 Å². The number of fused-ring (bicyclic) bond motifs is 1. The van der Waals surface area contributed by atoms with Gasteiger partial charge in [-0.25, -0.2) is 0 Å². The fraction of sp³-hybridized carbons (Fsp3) is 0.500. The minimum absolute atomic E-state index is 0.137. The molecule has 1 aliphatic heterocycles. The van der Waals surface area contributed by atoms with E-state index in [4.69, 9.17) is 0 Å². The molecule has 1 aromatic carbocycles. The van der Waals surface area contributed by atoms with Gasteiger partial charge in [0.2, 0.25) is 11.8 Å². The lowest BCUT2D eigenvalue weighted by atomic mass is 9.85. The Balaban J connectivity index is 2.31. The highest BCUT2D eigenvalue weighted by molar-refractivity contribution is 6.13. The van der Waals surface area contributed by atoms with Crippen molar-refractivity contribution < 1.29 is 9.59 Å². The Bertz CT molecular complexity index is 561. The van der Waals surface area contributed by atoms with Crippen LogP contribution in [0.15, 0.2) is 18.2 Å². The number of amides is 2. The van der Waals surface area contributed by atoms with Crippen LogP contribution in [-0.4, -0.2) is 18.9 Å². The predicted octanol–water partition coefficient (Wildman–Crippen LogP) is 2.66. The Morgan fingerprint density at radius 2 is 1.76 bits per heavy atom. The summed E-state index contributed by atoms with van der Waals surface area (Å²) in [6.45, 7) is 6.59. The van der Waals surface area contributed by atoms with Gasteiger partial charge in [-0.2, -0.15) is 0 Å². The molecular weight excluding hydrogens is 266 g/mol. The molecule has 21 heavy (non-hydrogen) atoms.